The molecule has 5 nitrogen and oxygen atoms in total. The summed E-state index contributed by atoms with van der Waals surface area (Å²) in [5, 5.41) is 13.5. The third-order valence-corrected chi connectivity index (χ3v) is 6.00. The van der Waals surface area contributed by atoms with Crippen LogP contribution in [0.25, 0.3) is 10.9 Å². The highest BCUT2D eigenvalue weighted by atomic mass is 35.5. The molecular formula is C18H22ClN3O2. The molecule has 1 aromatic carbocycles. The summed E-state index contributed by atoms with van der Waals surface area (Å²) < 4.78 is 0. The molecule has 1 amide bonds. The van der Waals surface area contributed by atoms with Crippen LogP contribution in [0.2, 0.25) is 5.15 Å². The number of likely N-dealkylation sites (tertiary alicyclic amines) is 1. The number of halogens is 1. The minimum absolute atomic E-state index is 0.341. The Morgan fingerprint density at radius 2 is 2.33 bits per heavy atom. The minimum atomic E-state index is -0.939. The van der Waals surface area contributed by atoms with E-state index in [1.54, 1.807) is 0 Å². The van der Waals surface area contributed by atoms with Crippen LogP contribution in [-0.4, -0.2) is 46.8 Å². The van der Waals surface area contributed by atoms with Crippen LogP contribution in [0.5, 0.6) is 0 Å². The molecule has 1 saturated heterocycles. The van der Waals surface area contributed by atoms with Crippen molar-refractivity contribution in [1.29, 1.82) is 0 Å². The number of rotatable bonds is 3. The maximum absolute atomic E-state index is 10.9. The zero-order chi connectivity index (χ0) is 16.8. The van der Waals surface area contributed by atoms with Gasteiger partial charge in [-0.2, -0.15) is 0 Å². The fourth-order valence-corrected chi connectivity index (χ4v) is 4.96. The van der Waals surface area contributed by atoms with E-state index in [1.165, 1.54) is 16.5 Å². The number of nitrogens with zero attached hydrogens (tertiary/aromatic N) is 1. The fourth-order valence-electron chi connectivity index (χ4n) is 4.69. The second-order valence-corrected chi connectivity index (χ2v) is 7.32. The van der Waals surface area contributed by atoms with Gasteiger partial charge < -0.3 is 15.4 Å². The van der Waals surface area contributed by atoms with Gasteiger partial charge in [0.15, 0.2) is 0 Å². The normalized spacial score (nSPS) is 26.3. The first-order chi connectivity index (χ1) is 11.6. The van der Waals surface area contributed by atoms with Crippen LogP contribution in [0.3, 0.4) is 0 Å². The number of likely N-dealkylation sites (N-methyl/N-ethyl adjacent to an activating group) is 1. The first kappa shape index (κ1) is 15.8. The summed E-state index contributed by atoms with van der Waals surface area (Å²) in [6.45, 7) is 4.61. The van der Waals surface area contributed by atoms with Crippen molar-refractivity contribution in [2.24, 2.45) is 5.92 Å². The number of carboxylic acid groups (broad SMARTS) is 1. The Morgan fingerprint density at radius 3 is 3.08 bits per heavy atom. The van der Waals surface area contributed by atoms with E-state index in [-0.39, 0.29) is 0 Å². The lowest BCUT2D eigenvalue weighted by molar-refractivity contribution is 0.0891. The van der Waals surface area contributed by atoms with E-state index in [9.17, 15) is 4.79 Å². The van der Waals surface area contributed by atoms with Crippen molar-refractivity contribution in [3.63, 3.8) is 0 Å². The molecule has 1 fully saturated rings. The molecule has 1 aliphatic heterocycles. The van der Waals surface area contributed by atoms with E-state index in [0.29, 0.717) is 24.4 Å². The van der Waals surface area contributed by atoms with Crippen LogP contribution >= 0.6 is 11.6 Å². The van der Waals surface area contributed by atoms with E-state index in [1.807, 2.05) is 0 Å². The zero-order valence-corrected chi connectivity index (χ0v) is 14.4. The largest absolute Gasteiger partial charge is 0.465 e. The molecule has 1 aliphatic carbocycles. The van der Waals surface area contributed by atoms with E-state index in [2.05, 4.69) is 40.3 Å². The van der Waals surface area contributed by atoms with E-state index in [0.717, 1.165) is 36.6 Å². The highest BCUT2D eigenvalue weighted by Gasteiger charge is 2.40. The van der Waals surface area contributed by atoms with E-state index in [4.69, 9.17) is 16.7 Å². The number of benzene rings is 1. The predicted molar refractivity (Wildman–Crippen MR) is 94.9 cm³/mol. The summed E-state index contributed by atoms with van der Waals surface area (Å²) in [5.74, 6) is 0.774. The summed E-state index contributed by atoms with van der Waals surface area (Å²) in [7, 11) is 0. The van der Waals surface area contributed by atoms with Crippen molar-refractivity contribution in [1.82, 2.24) is 15.2 Å². The minimum Gasteiger partial charge on any atom is -0.465 e. The van der Waals surface area contributed by atoms with Crippen LogP contribution in [0, 0.1) is 5.92 Å². The number of piperidine rings is 1. The van der Waals surface area contributed by atoms with Gasteiger partial charge in [0.1, 0.15) is 5.15 Å². The molecule has 0 radical (unpaired) electrons. The second kappa shape index (κ2) is 5.97. The summed E-state index contributed by atoms with van der Waals surface area (Å²) >= 11 is 6.46. The average Bonchev–Trinajstić information content (AvgIpc) is 2.90. The third-order valence-electron chi connectivity index (χ3n) is 5.68. The number of carbonyl (C=O) groups is 1. The van der Waals surface area contributed by atoms with E-state index < -0.39 is 6.09 Å². The molecule has 0 spiro atoms. The highest BCUT2D eigenvalue weighted by molar-refractivity contribution is 6.32. The van der Waals surface area contributed by atoms with Crippen LogP contribution in [0.4, 0.5) is 4.79 Å². The van der Waals surface area contributed by atoms with Crippen LogP contribution in [0.15, 0.2) is 18.2 Å². The smallest absolute Gasteiger partial charge is 0.404 e. The van der Waals surface area contributed by atoms with Gasteiger partial charge in [-0.15, -0.1) is 0 Å². The predicted octanol–water partition coefficient (Wildman–Crippen LogP) is 3.44. The molecule has 3 N–H and O–H groups in total. The van der Waals surface area contributed by atoms with Gasteiger partial charge in [0, 0.05) is 36.0 Å². The molecule has 128 valence electrons. The van der Waals surface area contributed by atoms with Crippen molar-refractivity contribution in [3.8, 4) is 0 Å². The van der Waals surface area contributed by atoms with Crippen LogP contribution < -0.4 is 5.32 Å². The topological polar surface area (TPSA) is 68.4 Å². The number of amides is 1. The SMILES string of the molecule is CCN1CC(CNC(=O)O)CC2c3cccc4[nH]c(Cl)c(c34)C[C@H]21. The second-order valence-electron chi connectivity index (χ2n) is 6.94. The first-order valence-electron chi connectivity index (χ1n) is 8.58. The van der Waals surface area contributed by atoms with Crippen molar-refractivity contribution < 1.29 is 9.90 Å². The van der Waals surface area contributed by atoms with Crippen LogP contribution in [-0.2, 0) is 6.42 Å². The zero-order valence-electron chi connectivity index (χ0n) is 13.7. The van der Waals surface area contributed by atoms with Gasteiger partial charge in [0.05, 0.1) is 0 Å². The van der Waals surface area contributed by atoms with Crippen molar-refractivity contribution >= 4 is 28.6 Å². The summed E-state index contributed by atoms with van der Waals surface area (Å²) in [4.78, 5) is 16.7. The lowest BCUT2D eigenvalue weighted by atomic mass is 9.72. The first-order valence-corrected chi connectivity index (χ1v) is 8.96. The molecule has 1 aromatic heterocycles. The molecule has 6 heteroatoms. The lowest BCUT2D eigenvalue weighted by Crippen LogP contribution is -2.51. The summed E-state index contributed by atoms with van der Waals surface area (Å²) in [5.41, 5.74) is 3.71. The highest BCUT2D eigenvalue weighted by Crippen LogP contribution is 2.46. The number of aromatic nitrogens is 1. The number of nitrogens with one attached hydrogen (secondary N) is 2. The molecule has 2 aliphatic rings. The molecule has 0 bridgehead atoms. The number of fused-ring (bicyclic) bond motifs is 2. The maximum atomic E-state index is 10.9. The Hall–Kier alpha value is -1.72. The molecule has 2 unspecified atom stereocenters. The maximum Gasteiger partial charge on any atom is 0.404 e. The monoisotopic (exact) mass is 347 g/mol. The van der Waals surface area contributed by atoms with E-state index >= 15 is 0 Å². The molecule has 24 heavy (non-hydrogen) atoms. The molecule has 3 atom stereocenters. The molecule has 0 saturated carbocycles. The van der Waals surface area contributed by atoms with Gasteiger partial charge in [-0.25, -0.2) is 4.79 Å². The Balaban J connectivity index is 1.72. The fraction of sp³-hybridized carbons (Fsp3) is 0.500. The van der Waals surface area contributed by atoms with Crippen molar-refractivity contribution in [2.75, 3.05) is 19.6 Å². The number of hydrogen-bond acceptors (Lipinski definition) is 2. The standard InChI is InChI=1S/C18H22ClN3O2/c1-2-22-9-10(8-20-18(23)24)6-12-11-4-3-5-14-16(11)13(7-15(12)22)17(19)21-14/h3-5,10,12,15,20-21H,2,6-9H2,1H3,(H,23,24)/t10?,12?,15-/m1/s1. The quantitative estimate of drug-likeness (QED) is 0.796. The van der Waals surface area contributed by atoms with Gasteiger partial charge in [-0.1, -0.05) is 30.7 Å². The molecular weight excluding hydrogens is 326 g/mol. The summed E-state index contributed by atoms with van der Waals surface area (Å²) in [6, 6.07) is 6.83. The number of hydrogen-bond donors (Lipinski definition) is 3. The lowest BCUT2D eigenvalue weighted by Gasteiger charge is -2.47. The Morgan fingerprint density at radius 1 is 1.50 bits per heavy atom. The van der Waals surface area contributed by atoms with Crippen molar-refractivity contribution in [2.45, 2.75) is 31.7 Å². The average molecular weight is 348 g/mol. The van der Waals surface area contributed by atoms with Crippen LogP contribution in [0.1, 0.15) is 30.4 Å². The molecule has 4 rings (SSSR count). The third kappa shape index (κ3) is 2.47. The van der Waals surface area contributed by atoms with Gasteiger partial charge >= 0.3 is 6.09 Å². The Bertz CT molecular complexity index is 788. The molecule has 2 heterocycles. The Kier molecular flexibility index (Phi) is 3.93. The molecule has 2 aromatic rings. The Labute approximate surface area is 146 Å². The van der Waals surface area contributed by atoms with Gasteiger partial charge in [-0.3, -0.25) is 4.90 Å². The van der Waals surface area contributed by atoms with Gasteiger partial charge in [0.2, 0.25) is 0 Å². The van der Waals surface area contributed by atoms with Gasteiger partial charge in [0.25, 0.3) is 0 Å². The van der Waals surface area contributed by atoms with Crippen molar-refractivity contribution in [3.05, 3.63) is 34.5 Å². The number of H-pyrrole nitrogens is 1. The number of aromatic amines is 1. The van der Waals surface area contributed by atoms with Gasteiger partial charge in [-0.05, 0) is 42.5 Å². The summed E-state index contributed by atoms with van der Waals surface area (Å²) in [6.07, 6.45) is 1.04.